The van der Waals surface area contributed by atoms with Gasteiger partial charge in [-0.25, -0.2) is 0 Å². The van der Waals surface area contributed by atoms with E-state index in [1.807, 2.05) is 42.5 Å². The first-order chi connectivity index (χ1) is 22.5. The van der Waals surface area contributed by atoms with Crippen LogP contribution in [0.3, 0.4) is 0 Å². The highest BCUT2D eigenvalue weighted by molar-refractivity contribution is 6.21. The summed E-state index contributed by atoms with van der Waals surface area (Å²) in [5.74, 6) is -0.373. The number of nitrogens with zero attached hydrogens (tertiary/aromatic N) is 2. The van der Waals surface area contributed by atoms with E-state index < -0.39 is 6.29 Å². The van der Waals surface area contributed by atoms with E-state index in [1.165, 1.54) is 24.2 Å². The summed E-state index contributed by atoms with van der Waals surface area (Å²) in [6, 6.07) is 31.3. The van der Waals surface area contributed by atoms with Crippen LogP contribution in [0.15, 0.2) is 97.1 Å². The molecule has 4 atom stereocenters. The molecule has 0 spiro atoms. The van der Waals surface area contributed by atoms with Gasteiger partial charge in [0, 0.05) is 18.0 Å². The molecule has 2 fully saturated rings. The standard InChI is InChI=1S/C39H40N2O5/c1-26-35(24-40-19-5-2-6-20-40)45-39(46-36(26)29-17-15-27(25-42)16-18-29)32-12-8-11-31(22-32)30-10-7-9-28(21-30)23-41-37(43)33-13-3-4-14-34(33)38(41)44/h3-4,7-18,21-22,26,35-36,39,42H,2,5-6,19-20,23-25H2,1H3/t26-,35+,36+,39+/m1/s1. The molecule has 4 aromatic carbocycles. The molecule has 0 unspecified atom stereocenters. The molecule has 3 aliphatic heterocycles. The summed E-state index contributed by atoms with van der Waals surface area (Å²) in [7, 11) is 0. The number of aliphatic hydroxyl groups excluding tert-OH is 1. The number of piperidine rings is 1. The van der Waals surface area contributed by atoms with Gasteiger partial charge in [0.2, 0.25) is 0 Å². The van der Waals surface area contributed by atoms with Gasteiger partial charge in [-0.15, -0.1) is 0 Å². The van der Waals surface area contributed by atoms with Crippen LogP contribution in [0.4, 0.5) is 0 Å². The Morgan fingerprint density at radius 1 is 0.717 bits per heavy atom. The Balaban J connectivity index is 1.14. The Kier molecular flexibility index (Phi) is 8.82. The van der Waals surface area contributed by atoms with E-state index in [0.717, 1.165) is 53.0 Å². The number of likely N-dealkylation sites (tertiary alicyclic amines) is 1. The van der Waals surface area contributed by atoms with Crippen LogP contribution in [-0.4, -0.2) is 52.5 Å². The van der Waals surface area contributed by atoms with Crippen LogP contribution in [0.5, 0.6) is 0 Å². The number of amides is 2. The lowest BCUT2D eigenvalue weighted by Crippen LogP contribution is -2.45. The van der Waals surface area contributed by atoms with Crippen molar-refractivity contribution in [2.75, 3.05) is 19.6 Å². The van der Waals surface area contributed by atoms with Crippen molar-refractivity contribution in [2.24, 2.45) is 5.92 Å². The second-order valence-electron chi connectivity index (χ2n) is 12.8. The summed E-state index contributed by atoms with van der Waals surface area (Å²) in [6.07, 6.45) is 3.02. The van der Waals surface area contributed by atoms with Gasteiger partial charge in [-0.3, -0.25) is 14.5 Å². The Bertz CT molecular complexity index is 1680. The third-order valence-electron chi connectivity index (χ3n) is 9.65. The van der Waals surface area contributed by atoms with Gasteiger partial charge in [0.15, 0.2) is 6.29 Å². The van der Waals surface area contributed by atoms with E-state index in [4.69, 9.17) is 9.47 Å². The van der Waals surface area contributed by atoms with Crippen LogP contribution in [0.1, 0.15) is 81.5 Å². The first kappa shape index (κ1) is 30.5. The summed E-state index contributed by atoms with van der Waals surface area (Å²) >= 11 is 0. The molecule has 7 rings (SSSR count). The number of benzene rings is 4. The number of aliphatic hydroxyl groups is 1. The molecule has 4 aromatic rings. The van der Waals surface area contributed by atoms with Gasteiger partial charge in [-0.2, -0.15) is 0 Å². The third-order valence-corrected chi connectivity index (χ3v) is 9.65. The van der Waals surface area contributed by atoms with Crippen molar-refractivity contribution in [1.29, 1.82) is 0 Å². The van der Waals surface area contributed by atoms with Crippen molar-refractivity contribution in [3.63, 3.8) is 0 Å². The second kappa shape index (κ2) is 13.3. The number of hydrogen-bond acceptors (Lipinski definition) is 6. The van der Waals surface area contributed by atoms with Crippen LogP contribution < -0.4 is 0 Å². The van der Waals surface area contributed by atoms with E-state index in [0.29, 0.717) is 11.1 Å². The maximum absolute atomic E-state index is 13.0. The molecular formula is C39H40N2O5. The molecule has 0 aromatic heterocycles. The van der Waals surface area contributed by atoms with Crippen LogP contribution in [0, 0.1) is 5.92 Å². The van der Waals surface area contributed by atoms with Gasteiger partial charge in [0.05, 0.1) is 36.5 Å². The van der Waals surface area contributed by atoms with Gasteiger partial charge in [0.25, 0.3) is 11.8 Å². The molecule has 0 saturated carbocycles. The van der Waals surface area contributed by atoms with E-state index >= 15 is 0 Å². The molecule has 3 aliphatic rings. The summed E-state index contributed by atoms with van der Waals surface area (Å²) in [5, 5.41) is 9.59. The quantitative estimate of drug-likeness (QED) is 0.217. The summed E-state index contributed by atoms with van der Waals surface area (Å²) in [4.78, 5) is 29.8. The molecule has 3 heterocycles. The van der Waals surface area contributed by atoms with E-state index in [2.05, 4.69) is 42.2 Å². The lowest BCUT2D eigenvalue weighted by Gasteiger charge is -2.43. The van der Waals surface area contributed by atoms with Gasteiger partial charge in [-0.1, -0.05) is 86.1 Å². The molecule has 7 heteroatoms. The van der Waals surface area contributed by atoms with Crippen LogP contribution in [0.2, 0.25) is 0 Å². The van der Waals surface area contributed by atoms with E-state index in [1.54, 1.807) is 24.3 Å². The minimum Gasteiger partial charge on any atom is -0.392 e. The molecule has 0 bridgehead atoms. The largest absolute Gasteiger partial charge is 0.392 e. The third kappa shape index (κ3) is 6.16. The molecule has 2 saturated heterocycles. The lowest BCUT2D eigenvalue weighted by molar-refractivity contribution is -0.276. The predicted molar refractivity (Wildman–Crippen MR) is 176 cm³/mol. The molecule has 2 amide bonds. The van der Waals surface area contributed by atoms with Crippen molar-refractivity contribution in [3.05, 3.63) is 130 Å². The topological polar surface area (TPSA) is 79.3 Å². The Morgan fingerprint density at radius 2 is 1.39 bits per heavy atom. The van der Waals surface area contributed by atoms with E-state index in [-0.39, 0.29) is 43.1 Å². The first-order valence-electron chi connectivity index (χ1n) is 16.4. The van der Waals surface area contributed by atoms with Gasteiger partial charge >= 0.3 is 0 Å². The number of fused-ring (bicyclic) bond motifs is 1. The summed E-state index contributed by atoms with van der Waals surface area (Å²) in [6.45, 7) is 5.50. The zero-order valence-electron chi connectivity index (χ0n) is 26.2. The summed E-state index contributed by atoms with van der Waals surface area (Å²) < 4.78 is 13.5. The maximum atomic E-state index is 13.0. The maximum Gasteiger partial charge on any atom is 0.261 e. The highest BCUT2D eigenvalue weighted by Gasteiger charge is 2.39. The summed E-state index contributed by atoms with van der Waals surface area (Å²) in [5.41, 5.74) is 6.69. The monoisotopic (exact) mass is 616 g/mol. The molecule has 46 heavy (non-hydrogen) atoms. The average Bonchev–Trinajstić information content (AvgIpc) is 3.34. The van der Waals surface area contributed by atoms with Crippen LogP contribution >= 0.6 is 0 Å². The molecule has 0 aliphatic carbocycles. The average molecular weight is 617 g/mol. The first-order valence-corrected chi connectivity index (χ1v) is 16.4. The van der Waals surface area contributed by atoms with Crippen molar-refractivity contribution in [1.82, 2.24) is 9.80 Å². The van der Waals surface area contributed by atoms with E-state index in [9.17, 15) is 14.7 Å². The SMILES string of the molecule is C[C@@H]1[C@H](CN2CCCCC2)O[C@H](c2cccc(-c3cccc(CN4C(=O)c5ccccc5C4=O)c3)c2)O[C@@H]1c1ccc(CO)cc1. The van der Waals surface area contributed by atoms with Crippen molar-refractivity contribution in [3.8, 4) is 11.1 Å². The number of imide groups is 1. The Hall–Kier alpha value is -4.14. The zero-order valence-corrected chi connectivity index (χ0v) is 26.2. The normalized spacial score (nSPS) is 23.5. The number of hydrogen-bond donors (Lipinski definition) is 1. The van der Waals surface area contributed by atoms with Gasteiger partial charge in [0.1, 0.15) is 0 Å². The van der Waals surface area contributed by atoms with Gasteiger partial charge in [-0.05, 0) is 78.0 Å². The number of carbonyl (C=O) groups excluding carboxylic acids is 2. The van der Waals surface area contributed by atoms with Crippen molar-refractivity contribution < 1.29 is 24.2 Å². The fraction of sp³-hybridized carbons (Fsp3) is 0.333. The molecule has 236 valence electrons. The second-order valence-corrected chi connectivity index (χ2v) is 12.8. The fourth-order valence-electron chi connectivity index (χ4n) is 7.00. The molecular weight excluding hydrogens is 576 g/mol. The molecule has 1 N–H and O–H groups in total. The molecule has 0 radical (unpaired) electrons. The minimum atomic E-state index is -0.546. The zero-order chi connectivity index (χ0) is 31.6. The van der Waals surface area contributed by atoms with Gasteiger partial charge < -0.3 is 19.5 Å². The van der Waals surface area contributed by atoms with Crippen LogP contribution in [0.25, 0.3) is 11.1 Å². The Labute approximate surface area is 270 Å². The number of rotatable bonds is 8. The fourth-order valence-corrected chi connectivity index (χ4v) is 7.00. The van der Waals surface area contributed by atoms with Crippen molar-refractivity contribution in [2.45, 2.75) is 57.8 Å². The number of ether oxygens (including phenoxy) is 2. The number of carbonyl (C=O) groups is 2. The lowest BCUT2D eigenvalue weighted by atomic mass is 9.89. The highest BCUT2D eigenvalue weighted by Crippen LogP contribution is 2.42. The minimum absolute atomic E-state index is 0.00832. The molecule has 7 nitrogen and oxygen atoms in total. The highest BCUT2D eigenvalue weighted by atomic mass is 16.7. The van der Waals surface area contributed by atoms with Crippen molar-refractivity contribution >= 4 is 11.8 Å². The van der Waals surface area contributed by atoms with Crippen LogP contribution in [-0.2, 0) is 22.6 Å². The smallest absolute Gasteiger partial charge is 0.261 e. The predicted octanol–water partition coefficient (Wildman–Crippen LogP) is 6.92. The Morgan fingerprint density at radius 3 is 2.09 bits per heavy atom.